The lowest BCUT2D eigenvalue weighted by Gasteiger charge is -2.33. The van der Waals surface area contributed by atoms with E-state index in [9.17, 15) is 23.5 Å². The van der Waals surface area contributed by atoms with E-state index >= 15 is 4.39 Å². The molecule has 2 aromatic carbocycles. The smallest absolute Gasteiger partial charge is 0.410 e. The highest BCUT2D eigenvalue weighted by Crippen LogP contribution is 2.41. The number of aromatic nitrogens is 1. The Morgan fingerprint density at radius 2 is 1.84 bits per heavy atom. The number of alkyl halides is 1. The molecule has 0 bridgehead atoms. The molecule has 8 nitrogen and oxygen atoms in total. The van der Waals surface area contributed by atoms with Crippen LogP contribution < -0.4 is 9.64 Å². The summed E-state index contributed by atoms with van der Waals surface area (Å²) in [6.45, 7) is 5.23. The highest BCUT2D eigenvalue weighted by atomic mass is 19.1. The molecule has 4 atom stereocenters. The van der Waals surface area contributed by atoms with E-state index in [0.717, 1.165) is 25.3 Å². The number of cyclic esters (lactones) is 1. The van der Waals surface area contributed by atoms with Gasteiger partial charge in [0.15, 0.2) is 0 Å². The maximum atomic E-state index is 15.5. The molecule has 2 unspecified atom stereocenters. The van der Waals surface area contributed by atoms with Gasteiger partial charge in [0.1, 0.15) is 29.7 Å². The number of benzene rings is 2. The number of hydrogen-bond donors (Lipinski definition) is 1. The summed E-state index contributed by atoms with van der Waals surface area (Å²) in [5.41, 5.74) is 3.10. The van der Waals surface area contributed by atoms with Crippen molar-refractivity contribution in [1.82, 2.24) is 9.88 Å². The maximum Gasteiger partial charge on any atom is 0.410 e. The molecular weight excluding hydrogens is 587 g/mol. The van der Waals surface area contributed by atoms with Crippen LogP contribution >= 0.6 is 0 Å². The zero-order valence-corrected chi connectivity index (χ0v) is 25.2. The van der Waals surface area contributed by atoms with Crippen LogP contribution in [0.25, 0.3) is 22.3 Å². The van der Waals surface area contributed by atoms with Crippen molar-refractivity contribution < 1.29 is 37.3 Å². The van der Waals surface area contributed by atoms with Gasteiger partial charge in [0, 0.05) is 48.2 Å². The fourth-order valence-electron chi connectivity index (χ4n) is 6.45. The Balaban J connectivity index is 1.41. The molecule has 0 radical (unpaired) electrons. The largest absolute Gasteiger partial charge is 0.496 e. The molecule has 1 aliphatic carbocycles. The number of nitrogens with zero attached hydrogens (tertiary/aromatic N) is 3. The fourth-order valence-corrected chi connectivity index (χ4v) is 6.45. The van der Waals surface area contributed by atoms with Crippen molar-refractivity contribution in [1.29, 1.82) is 0 Å². The first kappa shape index (κ1) is 30.5. The molecule has 45 heavy (non-hydrogen) atoms. The topological polar surface area (TPSA) is 92.2 Å². The van der Waals surface area contributed by atoms with Gasteiger partial charge in [-0.2, -0.15) is 0 Å². The van der Waals surface area contributed by atoms with Gasteiger partial charge in [-0.15, -0.1) is 0 Å². The predicted molar refractivity (Wildman–Crippen MR) is 162 cm³/mol. The molecule has 0 saturated carbocycles. The number of halogens is 3. The lowest BCUT2D eigenvalue weighted by Crippen LogP contribution is -2.39. The van der Waals surface area contributed by atoms with E-state index in [0.29, 0.717) is 27.9 Å². The van der Waals surface area contributed by atoms with E-state index in [1.54, 1.807) is 26.0 Å². The number of amides is 1. The second kappa shape index (κ2) is 12.1. The standard InChI is InChI=1S/C34H34F3N3O5/c1-18-11-20(33(41)42)5-6-24(18)26-15-27(30(44-3)16-28(26)37)25-7-8-31(39-9-4-10-39)38-29(25)17-40-19(2)32(45-34(40)43)21-12-22(35)14-23(36)13-21/h5-8,11-12,15-16,19,21,23,32H,4,9-10,13-14,17H2,1-3H3,(H,41,42)/t19-,21?,23?,32-/m0/s1. The highest BCUT2D eigenvalue weighted by molar-refractivity contribution is 5.89. The Bertz CT molecular complexity index is 1690. The lowest BCUT2D eigenvalue weighted by atomic mass is 9.86. The SMILES string of the molecule is COc1cc(F)c(-c2ccc(C(=O)O)cc2C)cc1-c1ccc(N2CCC2)nc1CN1C(=O)O[C@H](C2C=C(F)CC(F)C2)[C@@H]1C. The molecule has 2 aliphatic heterocycles. The number of carboxylic acid groups (broad SMARTS) is 1. The molecule has 11 heteroatoms. The van der Waals surface area contributed by atoms with Crippen molar-refractivity contribution >= 4 is 17.9 Å². The Kier molecular flexibility index (Phi) is 8.20. The number of carbonyl (C=O) groups excluding carboxylic acids is 1. The number of hydrogen-bond acceptors (Lipinski definition) is 6. The zero-order valence-electron chi connectivity index (χ0n) is 25.2. The summed E-state index contributed by atoms with van der Waals surface area (Å²) in [4.78, 5) is 33.2. The first-order chi connectivity index (χ1) is 21.5. The molecule has 3 aromatic rings. The summed E-state index contributed by atoms with van der Waals surface area (Å²) >= 11 is 0. The number of methoxy groups -OCH3 is 1. The Morgan fingerprint density at radius 3 is 2.49 bits per heavy atom. The van der Waals surface area contributed by atoms with Crippen molar-refractivity contribution in [2.45, 2.75) is 58.0 Å². The molecule has 2 saturated heterocycles. The average molecular weight is 622 g/mol. The third kappa shape index (κ3) is 5.83. The van der Waals surface area contributed by atoms with E-state index < -0.39 is 47.9 Å². The van der Waals surface area contributed by atoms with Crippen LogP contribution in [0.4, 0.5) is 23.8 Å². The molecular formula is C34H34F3N3O5. The van der Waals surface area contributed by atoms with Crippen LogP contribution in [0.2, 0.25) is 0 Å². The number of carboxylic acids is 1. The van der Waals surface area contributed by atoms with Crippen molar-refractivity contribution in [3.8, 4) is 28.0 Å². The molecule has 236 valence electrons. The summed E-state index contributed by atoms with van der Waals surface area (Å²) in [7, 11) is 1.44. The quantitative estimate of drug-likeness (QED) is 0.287. The Hall–Kier alpha value is -4.54. The van der Waals surface area contributed by atoms with Gasteiger partial charge < -0.3 is 19.5 Å². The van der Waals surface area contributed by atoms with E-state index in [2.05, 4.69) is 4.90 Å². The van der Waals surface area contributed by atoms with Crippen LogP contribution in [0.5, 0.6) is 5.75 Å². The summed E-state index contributed by atoms with van der Waals surface area (Å²) in [5, 5.41) is 9.39. The minimum atomic E-state index is -1.34. The average Bonchev–Trinajstić information content (AvgIpc) is 3.24. The van der Waals surface area contributed by atoms with Gasteiger partial charge in [0.05, 0.1) is 36.8 Å². The third-order valence-corrected chi connectivity index (χ3v) is 9.00. The van der Waals surface area contributed by atoms with E-state index in [-0.39, 0.29) is 36.3 Å². The van der Waals surface area contributed by atoms with Crippen molar-refractivity contribution in [3.05, 3.63) is 77.0 Å². The molecule has 3 heterocycles. The van der Waals surface area contributed by atoms with Crippen LogP contribution in [0.15, 0.2) is 54.4 Å². The molecule has 1 aromatic heterocycles. The normalized spacial score (nSPS) is 23.0. The van der Waals surface area contributed by atoms with Gasteiger partial charge in [-0.1, -0.05) is 6.07 Å². The van der Waals surface area contributed by atoms with E-state index in [4.69, 9.17) is 14.5 Å². The van der Waals surface area contributed by atoms with Crippen molar-refractivity contribution in [3.63, 3.8) is 0 Å². The van der Waals surface area contributed by atoms with Gasteiger partial charge >= 0.3 is 12.1 Å². The van der Waals surface area contributed by atoms with Crippen molar-refractivity contribution in [2.75, 3.05) is 25.1 Å². The van der Waals surface area contributed by atoms with Crippen LogP contribution in [0, 0.1) is 18.7 Å². The number of aryl methyl sites for hydroxylation is 1. The van der Waals surface area contributed by atoms with Gasteiger partial charge in [-0.05, 0) is 74.2 Å². The highest BCUT2D eigenvalue weighted by Gasteiger charge is 2.44. The van der Waals surface area contributed by atoms with Gasteiger partial charge in [0.25, 0.3) is 0 Å². The summed E-state index contributed by atoms with van der Waals surface area (Å²) < 4.78 is 55.2. The van der Waals surface area contributed by atoms with Crippen LogP contribution in [0.1, 0.15) is 47.8 Å². The molecule has 1 amide bonds. The lowest BCUT2D eigenvalue weighted by molar-refractivity contribution is 0.0696. The van der Waals surface area contributed by atoms with Gasteiger partial charge in [-0.3, -0.25) is 4.90 Å². The minimum Gasteiger partial charge on any atom is -0.496 e. The third-order valence-electron chi connectivity index (χ3n) is 9.00. The van der Waals surface area contributed by atoms with Gasteiger partial charge in [0.2, 0.25) is 0 Å². The molecule has 0 spiro atoms. The maximum absolute atomic E-state index is 15.5. The number of ether oxygens (including phenoxy) is 2. The van der Waals surface area contributed by atoms with E-state index in [1.807, 2.05) is 12.1 Å². The number of pyridine rings is 1. The van der Waals surface area contributed by atoms with Crippen LogP contribution in [0.3, 0.4) is 0 Å². The Labute approximate surface area is 259 Å². The zero-order chi connectivity index (χ0) is 32.0. The van der Waals surface area contributed by atoms with Crippen LogP contribution in [-0.2, 0) is 11.3 Å². The summed E-state index contributed by atoms with van der Waals surface area (Å²) in [5.74, 6) is -1.78. The summed E-state index contributed by atoms with van der Waals surface area (Å²) in [6.07, 6.45) is -0.482. The second-order valence-corrected chi connectivity index (χ2v) is 11.9. The molecule has 3 aliphatic rings. The summed E-state index contributed by atoms with van der Waals surface area (Å²) in [6, 6.07) is 10.7. The number of aromatic carboxylic acids is 1. The second-order valence-electron chi connectivity index (χ2n) is 11.9. The number of anilines is 1. The Morgan fingerprint density at radius 1 is 1.09 bits per heavy atom. The number of rotatable bonds is 8. The van der Waals surface area contributed by atoms with Crippen molar-refractivity contribution in [2.24, 2.45) is 5.92 Å². The fraction of sp³-hybridized carbons (Fsp3) is 0.382. The molecule has 6 rings (SSSR count). The number of allylic oxidation sites excluding steroid dienone is 1. The number of carbonyl (C=O) groups is 2. The van der Waals surface area contributed by atoms with Crippen LogP contribution in [-0.4, -0.2) is 65.6 Å². The van der Waals surface area contributed by atoms with Gasteiger partial charge in [-0.25, -0.2) is 27.7 Å². The molecule has 2 fully saturated rings. The van der Waals surface area contributed by atoms with E-state index in [1.165, 1.54) is 36.3 Å². The first-order valence-electron chi connectivity index (χ1n) is 15.0. The first-order valence-corrected chi connectivity index (χ1v) is 15.0. The predicted octanol–water partition coefficient (Wildman–Crippen LogP) is 7.09. The molecule has 1 N–H and O–H groups in total. The minimum absolute atomic E-state index is 0.0354. The monoisotopic (exact) mass is 621 g/mol.